The van der Waals surface area contributed by atoms with Crippen LogP contribution in [0.2, 0.25) is 0 Å². The maximum Gasteiger partial charge on any atom is 0.408 e. The minimum atomic E-state index is -1.54. The molecular formula is C32H49FN10O7. The summed E-state index contributed by atoms with van der Waals surface area (Å²) in [5, 5.41) is 27.6. The van der Waals surface area contributed by atoms with Gasteiger partial charge in [-0.05, 0) is 50.0 Å². The first-order valence-electron chi connectivity index (χ1n) is 16.4. The number of carbonyl (C=O) groups excluding carboxylic acids is 6. The van der Waals surface area contributed by atoms with Crippen molar-refractivity contribution in [1.82, 2.24) is 31.5 Å². The number of ketones is 2. The van der Waals surface area contributed by atoms with Crippen LogP contribution in [-0.4, -0.2) is 103 Å². The summed E-state index contributed by atoms with van der Waals surface area (Å²) in [4.78, 5) is 79.4. The van der Waals surface area contributed by atoms with E-state index in [2.05, 4.69) is 26.6 Å². The van der Waals surface area contributed by atoms with Crippen LogP contribution in [0, 0.1) is 16.7 Å². The molecule has 1 aliphatic heterocycles. The first kappa shape index (κ1) is 40.9. The summed E-state index contributed by atoms with van der Waals surface area (Å²) in [5.74, 6) is -5.43. The van der Waals surface area contributed by atoms with Crippen molar-refractivity contribution >= 4 is 47.3 Å². The molecule has 1 fully saturated rings. The third-order valence-corrected chi connectivity index (χ3v) is 7.89. The normalized spacial score (nSPS) is 15.6. The van der Waals surface area contributed by atoms with Gasteiger partial charge >= 0.3 is 6.09 Å². The molecule has 1 aliphatic rings. The van der Waals surface area contributed by atoms with E-state index in [0.717, 1.165) is 5.56 Å². The average Bonchev–Trinajstić information content (AvgIpc) is 3.58. The van der Waals surface area contributed by atoms with Crippen molar-refractivity contribution in [2.24, 2.45) is 17.4 Å². The Hall–Kier alpha value is -5.29. The highest BCUT2D eigenvalue weighted by atomic mass is 19.1. The fourth-order valence-corrected chi connectivity index (χ4v) is 5.30. The number of carbonyl (C=O) groups is 6. The Morgan fingerprint density at radius 2 is 1.52 bits per heavy atom. The molecule has 0 saturated carbocycles. The zero-order chi connectivity index (χ0) is 37.2. The molecule has 11 N–H and O–H groups in total. The number of ether oxygens (including phenoxy) is 1. The number of alkyl halides is 1. The van der Waals surface area contributed by atoms with Gasteiger partial charge in [-0.15, -0.1) is 0 Å². The number of nitrogens with zero attached hydrogens (tertiary/aromatic N) is 1. The van der Waals surface area contributed by atoms with Crippen LogP contribution >= 0.6 is 0 Å². The molecule has 0 unspecified atom stereocenters. The molecule has 1 aromatic carbocycles. The lowest BCUT2D eigenvalue weighted by atomic mass is 10.0. The summed E-state index contributed by atoms with van der Waals surface area (Å²) in [6.45, 7) is 2.37. The monoisotopic (exact) mass is 704 g/mol. The molecule has 276 valence electrons. The van der Waals surface area contributed by atoms with Gasteiger partial charge in [0.15, 0.2) is 18.6 Å². The van der Waals surface area contributed by atoms with Gasteiger partial charge in [-0.2, -0.15) is 0 Å². The molecule has 0 aliphatic carbocycles. The summed E-state index contributed by atoms with van der Waals surface area (Å²) in [6.07, 6.45) is 0.318. The van der Waals surface area contributed by atoms with Crippen molar-refractivity contribution in [2.45, 2.75) is 83.1 Å². The molecule has 4 amide bonds. The molecular weight excluding hydrogens is 655 g/mol. The van der Waals surface area contributed by atoms with Crippen LogP contribution < -0.4 is 38.1 Å². The molecule has 1 heterocycles. The lowest BCUT2D eigenvalue weighted by molar-refractivity contribution is -0.143. The van der Waals surface area contributed by atoms with Crippen molar-refractivity contribution in [1.29, 1.82) is 10.8 Å². The topological polar surface area (TPSA) is 275 Å². The highest BCUT2D eigenvalue weighted by Crippen LogP contribution is 2.21. The van der Waals surface area contributed by atoms with Crippen molar-refractivity contribution in [3.63, 3.8) is 0 Å². The van der Waals surface area contributed by atoms with Crippen LogP contribution in [-0.2, 0) is 35.3 Å². The van der Waals surface area contributed by atoms with E-state index in [0.29, 0.717) is 6.42 Å². The minimum absolute atomic E-state index is 0.0223. The maximum atomic E-state index is 14.0. The number of alkyl carbamates (subject to hydrolysis) is 1. The average molecular weight is 705 g/mol. The predicted octanol–water partition coefficient (Wildman–Crippen LogP) is -0.468. The Morgan fingerprint density at radius 1 is 0.920 bits per heavy atom. The second kappa shape index (κ2) is 20.9. The van der Waals surface area contributed by atoms with Crippen LogP contribution in [0.15, 0.2) is 30.3 Å². The van der Waals surface area contributed by atoms with Gasteiger partial charge in [0.05, 0.1) is 6.04 Å². The molecule has 50 heavy (non-hydrogen) atoms. The second-order valence-electron chi connectivity index (χ2n) is 12.1. The van der Waals surface area contributed by atoms with Gasteiger partial charge in [0.25, 0.3) is 0 Å². The van der Waals surface area contributed by atoms with Crippen molar-refractivity contribution in [2.75, 3.05) is 26.3 Å². The van der Waals surface area contributed by atoms with Crippen LogP contribution in [0.4, 0.5) is 9.18 Å². The van der Waals surface area contributed by atoms with Gasteiger partial charge < -0.3 is 47.7 Å². The number of benzene rings is 1. The Labute approximate surface area is 290 Å². The molecule has 18 heteroatoms. The highest BCUT2D eigenvalue weighted by Gasteiger charge is 2.40. The second-order valence-corrected chi connectivity index (χ2v) is 12.1. The first-order valence-corrected chi connectivity index (χ1v) is 16.4. The number of nitrogens with one attached hydrogen (secondary N) is 7. The Kier molecular flexibility index (Phi) is 17.1. The standard InChI is InChI=1S/C32H49FN10O7/c1-19(2)25(42-32(49)50-18-20-9-4-3-5-10-20)28(47)41-22(12-7-15-39-31(36)37)29(48)43-16-8-13-23(43)27(46)40-21(26(45)24(44)17-33)11-6-14-38-30(34)35/h3-5,9-10,19,21-23,25H,6-8,11-18H2,1-2H3,(H,40,46)(H,41,47)(H,42,49)(H4,34,35,38)(H4,36,37,39)/t21-,22-,23-,25-/m0/s1. The molecule has 2 rings (SSSR count). The Morgan fingerprint density at radius 3 is 2.08 bits per heavy atom. The lowest BCUT2D eigenvalue weighted by Crippen LogP contribution is -2.58. The molecule has 1 saturated heterocycles. The molecule has 0 bridgehead atoms. The zero-order valence-electron chi connectivity index (χ0n) is 28.4. The number of nitrogens with two attached hydrogens (primary N) is 2. The summed E-state index contributed by atoms with van der Waals surface area (Å²) in [6, 6.07) is 4.29. The van der Waals surface area contributed by atoms with E-state index in [1.807, 2.05) is 6.07 Å². The number of rotatable bonds is 20. The summed E-state index contributed by atoms with van der Waals surface area (Å²) < 4.78 is 18.3. The smallest absolute Gasteiger partial charge is 0.408 e. The van der Waals surface area contributed by atoms with Crippen molar-refractivity contribution in [3.8, 4) is 0 Å². The van der Waals surface area contributed by atoms with Crippen molar-refractivity contribution in [3.05, 3.63) is 35.9 Å². The molecule has 0 spiro atoms. The summed E-state index contributed by atoms with van der Waals surface area (Å²) in [5.41, 5.74) is 11.4. The third kappa shape index (κ3) is 13.7. The van der Waals surface area contributed by atoms with Gasteiger partial charge in [0.1, 0.15) is 24.7 Å². The molecule has 4 atom stereocenters. The SMILES string of the molecule is CC(C)[C@H](NC(=O)OCc1ccccc1)C(=O)N[C@@H](CCCNC(=N)N)C(=O)N1CCC[C@H]1C(=O)N[C@@H](CCCNC(=N)N)C(=O)C(=O)CF. The first-order chi connectivity index (χ1) is 23.7. The number of amides is 4. The quantitative estimate of drug-likeness (QED) is 0.0362. The molecule has 17 nitrogen and oxygen atoms in total. The Bertz CT molecular complexity index is 1360. The maximum absolute atomic E-state index is 14.0. The van der Waals surface area contributed by atoms with E-state index in [4.69, 9.17) is 27.0 Å². The van der Waals surface area contributed by atoms with E-state index < -0.39 is 72.1 Å². The van der Waals surface area contributed by atoms with E-state index in [9.17, 15) is 33.2 Å². The van der Waals surface area contributed by atoms with Crippen molar-refractivity contribution < 1.29 is 37.9 Å². The molecule has 0 aromatic heterocycles. The number of hydrogen-bond acceptors (Lipinski definition) is 9. The fourth-order valence-electron chi connectivity index (χ4n) is 5.30. The summed E-state index contributed by atoms with van der Waals surface area (Å²) >= 11 is 0. The van der Waals surface area contributed by atoms with Gasteiger partial charge in [-0.1, -0.05) is 44.2 Å². The van der Waals surface area contributed by atoms with Crippen LogP contribution in [0.5, 0.6) is 0 Å². The van der Waals surface area contributed by atoms with Gasteiger partial charge in [0, 0.05) is 19.6 Å². The molecule has 0 radical (unpaired) electrons. The van der Waals surface area contributed by atoms with E-state index in [1.54, 1.807) is 38.1 Å². The van der Waals surface area contributed by atoms with Crippen LogP contribution in [0.1, 0.15) is 57.9 Å². The van der Waals surface area contributed by atoms with Crippen LogP contribution in [0.3, 0.4) is 0 Å². The number of halogens is 1. The Balaban J connectivity index is 2.19. The zero-order valence-corrected chi connectivity index (χ0v) is 28.4. The van der Waals surface area contributed by atoms with E-state index in [1.165, 1.54) is 4.90 Å². The fraction of sp³-hybridized carbons (Fsp3) is 0.562. The number of hydrogen-bond donors (Lipinski definition) is 9. The number of Topliss-reactive ketones (excluding diaryl/α,β-unsaturated/α-hetero) is 2. The van der Waals surface area contributed by atoms with E-state index in [-0.39, 0.29) is 70.3 Å². The van der Waals surface area contributed by atoms with Gasteiger partial charge in [0.2, 0.25) is 29.3 Å². The van der Waals surface area contributed by atoms with Crippen LogP contribution in [0.25, 0.3) is 0 Å². The predicted molar refractivity (Wildman–Crippen MR) is 181 cm³/mol. The minimum Gasteiger partial charge on any atom is -0.445 e. The summed E-state index contributed by atoms with van der Waals surface area (Å²) in [7, 11) is 0. The number of guanidine groups is 2. The lowest BCUT2D eigenvalue weighted by Gasteiger charge is -2.31. The van der Waals surface area contributed by atoms with E-state index >= 15 is 0 Å². The van der Waals surface area contributed by atoms with Gasteiger partial charge in [-0.3, -0.25) is 34.8 Å². The third-order valence-electron chi connectivity index (χ3n) is 7.89. The molecule has 1 aromatic rings. The number of likely N-dealkylation sites (tertiary alicyclic amines) is 1. The largest absolute Gasteiger partial charge is 0.445 e. The highest BCUT2D eigenvalue weighted by molar-refractivity contribution is 6.40. The van der Waals surface area contributed by atoms with Gasteiger partial charge in [-0.25, -0.2) is 9.18 Å².